The molecule has 16 heavy (non-hydrogen) atoms. The van der Waals surface area contributed by atoms with Crippen LogP contribution in [-0.4, -0.2) is 25.9 Å². The molecule has 1 aromatic rings. The van der Waals surface area contributed by atoms with Gasteiger partial charge in [-0.25, -0.2) is 4.79 Å². The van der Waals surface area contributed by atoms with E-state index < -0.39 is 5.97 Å². The van der Waals surface area contributed by atoms with Crippen LogP contribution in [0.25, 0.3) is 0 Å². The second kappa shape index (κ2) is 5.90. The summed E-state index contributed by atoms with van der Waals surface area (Å²) in [6, 6.07) is 7.55. The average molecular weight is 221 g/mol. The maximum absolute atomic E-state index is 11.5. The summed E-state index contributed by atoms with van der Waals surface area (Å²) in [6.45, 7) is 2.01. The van der Waals surface area contributed by atoms with Crippen LogP contribution in [0.1, 0.15) is 18.1 Å². The quantitative estimate of drug-likeness (QED) is 0.442. The monoisotopic (exact) mass is 221 g/mol. The van der Waals surface area contributed by atoms with Gasteiger partial charge in [0.1, 0.15) is 7.11 Å². The number of carbonyl (C=O) groups is 1. The zero-order valence-corrected chi connectivity index (χ0v) is 9.69. The lowest BCUT2D eigenvalue weighted by atomic mass is 10.0. The molecule has 0 spiro atoms. The maximum atomic E-state index is 11.5. The third kappa shape index (κ3) is 2.59. The molecular formula is C12H15NO3. The third-order valence-corrected chi connectivity index (χ3v) is 2.21. The molecule has 0 aliphatic carbocycles. The molecule has 0 bridgehead atoms. The number of esters is 1. The van der Waals surface area contributed by atoms with Crippen molar-refractivity contribution in [2.75, 3.05) is 14.2 Å². The predicted molar refractivity (Wildman–Crippen MR) is 61.4 cm³/mol. The van der Waals surface area contributed by atoms with Gasteiger partial charge in [0.2, 0.25) is 0 Å². The normalized spacial score (nSPS) is 11.1. The second-order valence-corrected chi connectivity index (χ2v) is 3.12. The van der Waals surface area contributed by atoms with Crippen LogP contribution in [0.2, 0.25) is 0 Å². The molecule has 0 aliphatic heterocycles. The number of ether oxygens (including phenoxy) is 1. The van der Waals surface area contributed by atoms with Crippen molar-refractivity contribution in [3.8, 4) is 0 Å². The minimum atomic E-state index is -0.497. The van der Waals surface area contributed by atoms with Crippen molar-refractivity contribution >= 4 is 11.7 Å². The van der Waals surface area contributed by atoms with Crippen LogP contribution >= 0.6 is 0 Å². The largest absolute Gasteiger partial charge is 0.464 e. The molecule has 0 saturated carbocycles. The van der Waals surface area contributed by atoms with E-state index in [1.54, 1.807) is 0 Å². The van der Waals surface area contributed by atoms with Crippen molar-refractivity contribution in [2.24, 2.45) is 5.16 Å². The Morgan fingerprint density at radius 1 is 1.31 bits per heavy atom. The Balaban J connectivity index is 3.21. The van der Waals surface area contributed by atoms with Gasteiger partial charge in [-0.3, -0.25) is 0 Å². The van der Waals surface area contributed by atoms with E-state index in [2.05, 4.69) is 14.7 Å². The van der Waals surface area contributed by atoms with Gasteiger partial charge in [-0.2, -0.15) is 0 Å². The summed E-state index contributed by atoms with van der Waals surface area (Å²) in [6.07, 6.45) is 0.815. The van der Waals surface area contributed by atoms with Crippen LogP contribution in [0.3, 0.4) is 0 Å². The van der Waals surface area contributed by atoms with Crippen LogP contribution in [0.15, 0.2) is 29.4 Å². The smallest absolute Gasteiger partial charge is 0.360 e. The number of aryl methyl sites for hydroxylation is 1. The first-order chi connectivity index (χ1) is 7.74. The molecule has 0 radical (unpaired) electrons. The first-order valence-electron chi connectivity index (χ1n) is 5.02. The van der Waals surface area contributed by atoms with Crippen LogP contribution in [0.5, 0.6) is 0 Å². The molecule has 4 nitrogen and oxygen atoms in total. The Bertz CT molecular complexity index is 399. The number of hydrogen-bond donors (Lipinski definition) is 0. The Hall–Kier alpha value is -1.84. The summed E-state index contributed by atoms with van der Waals surface area (Å²) in [5.41, 5.74) is 1.98. The molecule has 1 rings (SSSR count). The van der Waals surface area contributed by atoms with Crippen LogP contribution in [0.4, 0.5) is 0 Å². The maximum Gasteiger partial charge on any atom is 0.360 e. The highest BCUT2D eigenvalue weighted by molar-refractivity contribution is 6.43. The molecule has 0 saturated heterocycles. The van der Waals surface area contributed by atoms with E-state index in [-0.39, 0.29) is 5.71 Å². The highest BCUT2D eigenvalue weighted by atomic mass is 16.6. The number of nitrogens with zero attached hydrogens (tertiary/aromatic N) is 1. The molecule has 0 aliphatic rings. The summed E-state index contributed by atoms with van der Waals surface area (Å²) in [5, 5.41) is 3.72. The van der Waals surface area contributed by atoms with Gasteiger partial charge >= 0.3 is 5.97 Å². The third-order valence-electron chi connectivity index (χ3n) is 2.21. The van der Waals surface area contributed by atoms with Crippen LogP contribution in [-0.2, 0) is 20.8 Å². The van der Waals surface area contributed by atoms with Gasteiger partial charge in [0.05, 0.1) is 7.11 Å². The highest BCUT2D eigenvalue weighted by Crippen LogP contribution is 2.12. The fourth-order valence-electron chi connectivity index (χ4n) is 1.44. The molecular weight excluding hydrogens is 206 g/mol. The Kier molecular flexibility index (Phi) is 4.51. The lowest BCUT2D eigenvalue weighted by molar-refractivity contribution is -0.132. The number of oxime groups is 1. The number of methoxy groups -OCH3 is 1. The van der Waals surface area contributed by atoms with E-state index in [1.165, 1.54) is 14.2 Å². The predicted octanol–water partition coefficient (Wildman–Crippen LogP) is 1.77. The summed E-state index contributed by atoms with van der Waals surface area (Å²) in [7, 11) is 2.72. The van der Waals surface area contributed by atoms with Crippen molar-refractivity contribution in [3.63, 3.8) is 0 Å². The Morgan fingerprint density at radius 3 is 2.56 bits per heavy atom. The minimum Gasteiger partial charge on any atom is -0.464 e. The molecule has 0 unspecified atom stereocenters. The topological polar surface area (TPSA) is 47.9 Å². The van der Waals surface area contributed by atoms with Gasteiger partial charge in [0.25, 0.3) is 0 Å². The first kappa shape index (κ1) is 12.2. The minimum absolute atomic E-state index is 0.197. The molecule has 4 heteroatoms. The number of hydrogen-bond acceptors (Lipinski definition) is 4. The average Bonchev–Trinajstić information content (AvgIpc) is 2.35. The molecule has 0 amide bonds. The first-order valence-corrected chi connectivity index (χ1v) is 5.02. The second-order valence-electron chi connectivity index (χ2n) is 3.12. The van der Waals surface area contributed by atoms with Gasteiger partial charge in [-0.05, 0) is 12.0 Å². The lowest BCUT2D eigenvalue weighted by Crippen LogP contribution is -2.19. The number of carbonyl (C=O) groups excluding carboxylic acids is 1. The fourth-order valence-corrected chi connectivity index (χ4v) is 1.44. The van der Waals surface area contributed by atoms with Crippen molar-refractivity contribution in [2.45, 2.75) is 13.3 Å². The zero-order valence-electron chi connectivity index (χ0n) is 9.69. The zero-order chi connectivity index (χ0) is 12.0. The Morgan fingerprint density at radius 2 is 2.00 bits per heavy atom. The summed E-state index contributed by atoms with van der Waals surface area (Å²) in [5.74, 6) is -0.497. The van der Waals surface area contributed by atoms with E-state index in [1.807, 2.05) is 31.2 Å². The number of benzene rings is 1. The van der Waals surface area contributed by atoms with E-state index in [0.717, 1.165) is 17.5 Å². The molecule has 0 aromatic heterocycles. The number of rotatable bonds is 4. The van der Waals surface area contributed by atoms with Gasteiger partial charge in [0.15, 0.2) is 5.71 Å². The van der Waals surface area contributed by atoms with Gasteiger partial charge in [-0.1, -0.05) is 36.3 Å². The molecule has 86 valence electrons. The fraction of sp³-hybridized carbons (Fsp3) is 0.333. The van der Waals surface area contributed by atoms with E-state index in [0.29, 0.717) is 0 Å². The van der Waals surface area contributed by atoms with Gasteiger partial charge < -0.3 is 9.57 Å². The van der Waals surface area contributed by atoms with Crippen molar-refractivity contribution in [3.05, 3.63) is 35.4 Å². The summed E-state index contributed by atoms with van der Waals surface area (Å²) in [4.78, 5) is 16.2. The van der Waals surface area contributed by atoms with Crippen LogP contribution in [0, 0.1) is 0 Å². The van der Waals surface area contributed by atoms with Crippen molar-refractivity contribution in [1.82, 2.24) is 0 Å². The summed E-state index contributed by atoms with van der Waals surface area (Å²) >= 11 is 0. The molecule has 0 heterocycles. The molecule has 0 N–H and O–H groups in total. The van der Waals surface area contributed by atoms with Crippen LogP contribution < -0.4 is 0 Å². The van der Waals surface area contributed by atoms with E-state index in [4.69, 9.17) is 0 Å². The SMILES string of the molecule is CCc1ccccc1/C(=N\OC)C(=O)OC. The van der Waals surface area contributed by atoms with E-state index >= 15 is 0 Å². The van der Waals surface area contributed by atoms with E-state index in [9.17, 15) is 4.79 Å². The lowest BCUT2D eigenvalue weighted by Gasteiger charge is -2.08. The van der Waals surface area contributed by atoms with Crippen molar-refractivity contribution < 1.29 is 14.4 Å². The Labute approximate surface area is 94.9 Å². The molecule has 0 fully saturated rings. The van der Waals surface area contributed by atoms with Crippen molar-refractivity contribution in [1.29, 1.82) is 0 Å². The standard InChI is InChI=1S/C12H15NO3/c1-4-9-7-5-6-8-10(9)11(13-16-3)12(14)15-2/h5-8H,4H2,1-3H3/b13-11+. The molecule has 0 atom stereocenters. The molecule has 1 aromatic carbocycles. The van der Waals surface area contributed by atoms with Gasteiger partial charge in [-0.15, -0.1) is 0 Å². The summed E-state index contributed by atoms with van der Waals surface area (Å²) < 4.78 is 4.67. The highest BCUT2D eigenvalue weighted by Gasteiger charge is 2.17. The van der Waals surface area contributed by atoms with Gasteiger partial charge in [0, 0.05) is 5.56 Å².